The molecule has 0 aromatic carbocycles. The molecule has 0 spiro atoms. The van der Waals surface area contributed by atoms with E-state index in [0.29, 0.717) is 11.9 Å². The SMILES string of the molecule is CN(c1ncnc2[nH]ccc12)C1C[C@@]2(C)CN(C(=O)Cc3nn[nH]n3)C[C@@]2(C)C1. The molecule has 152 valence electrons. The molecule has 1 saturated carbocycles. The van der Waals surface area contributed by atoms with Gasteiger partial charge in [0.05, 0.1) is 11.8 Å². The summed E-state index contributed by atoms with van der Waals surface area (Å²) >= 11 is 0. The van der Waals surface area contributed by atoms with E-state index in [9.17, 15) is 4.79 Å². The van der Waals surface area contributed by atoms with Crippen LogP contribution in [0.5, 0.6) is 0 Å². The Morgan fingerprint density at radius 2 is 2.03 bits per heavy atom. The molecular weight excluding hydrogens is 370 g/mol. The minimum absolute atomic E-state index is 0.0587. The summed E-state index contributed by atoms with van der Waals surface area (Å²) in [6.07, 6.45) is 5.74. The summed E-state index contributed by atoms with van der Waals surface area (Å²) in [7, 11) is 2.12. The van der Waals surface area contributed by atoms with E-state index < -0.39 is 0 Å². The Balaban J connectivity index is 1.33. The van der Waals surface area contributed by atoms with Crippen molar-refractivity contribution in [2.45, 2.75) is 39.2 Å². The second-order valence-electron chi connectivity index (χ2n) is 8.99. The molecule has 3 aromatic rings. The zero-order valence-corrected chi connectivity index (χ0v) is 16.9. The minimum atomic E-state index is 0.0587. The molecule has 2 fully saturated rings. The third-order valence-electron chi connectivity index (χ3n) is 7.18. The molecule has 10 nitrogen and oxygen atoms in total. The van der Waals surface area contributed by atoms with Crippen LogP contribution >= 0.6 is 0 Å². The maximum atomic E-state index is 12.8. The molecule has 10 heteroatoms. The van der Waals surface area contributed by atoms with Gasteiger partial charge in [-0.15, -0.1) is 10.2 Å². The number of H-pyrrole nitrogens is 2. The van der Waals surface area contributed by atoms with Gasteiger partial charge in [-0.2, -0.15) is 5.21 Å². The number of rotatable bonds is 4. The molecular formula is C19H25N9O. The van der Waals surface area contributed by atoms with Crippen molar-refractivity contribution in [3.63, 3.8) is 0 Å². The lowest BCUT2D eigenvalue weighted by molar-refractivity contribution is -0.130. The van der Waals surface area contributed by atoms with Gasteiger partial charge >= 0.3 is 0 Å². The smallest absolute Gasteiger partial charge is 0.230 e. The quantitative estimate of drug-likeness (QED) is 0.680. The number of amides is 1. The van der Waals surface area contributed by atoms with E-state index in [1.54, 1.807) is 6.33 Å². The Bertz CT molecular complexity index is 1030. The average molecular weight is 395 g/mol. The monoisotopic (exact) mass is 395 g/mol. The largest absolute Gasteiger partial charge is 0.356 e. The second kappa shape index (κ2) is 6.23. The molecule has 4 heterocycles. The summed E-state index contributed by atoms with van der Waals surface area (Å²) in [5.74, 6) is 1.47. The Hall–Kier alpha value is -3.04. The van der Waals surface area contributed by atoms with Crippen LogP contribution in [0.4, 0.5) is 5.82 Å². The van der Waals surface area contributed by atoms with Crippen molar-refractivity contribution in [2.75, 3.05) is 25.0 Å². The number of likely N-dealkylation sites (tertiary alicyclic amines) is 1. The molecule has 29 heavy (non-hydrogen) atoms. The average Bonchev–Trinajstić information content (AvgIpc) is 3.43. The van der Waals surface area contributed by atoms with Crippen LogP contribution in [0.2, 0.25) is 0 Å². The first kappa shape index (κ1) is 18.0. The summed E-state index contributed by atoms with van der Waals surface area (Å²) in [6.45, 7) is 6.14. The van der Waals surface area contributed by atoms with Gasteiger partial charge in [-0.1, -0.05) is 19.1 Å². The fourth-order valence-electron chi connectivity index (χ4n) is 5.28. The van der Waals surface area contributed by atoms with Crippen molar-refractivity contribution in [1.82, 2.24) is 40.5 Å². The number of fused-ring (bicyclic) bond motifs is 2. The van der Waals surface area contributed by atoms with Crippen LogP contribution in [0.3, 0.4) is 0 Å². The van der Waals surface area contributed by atoms with Crippen molar-refractivity contribution in [3.05, 3.63) is 24.4 Å². The number of nitrogens with zero attached hydrogens (tertiary/aromatic N) is 7. The highest BCUT2D eigenvalue weighted by Crippen LogP contribution is 2.58. The molecule has 1 saturated heterocycles. The Kier molecular flexibility index (Phi) is 3.87. The van der Waals surface area contributed by atoms with Gasteiger partial charge in [0.25, 0.3) is 0 Å². The third-order valence-corrected chi connectivity index (χ3v) is 7.18. The predicted octanol–water partition coefficient (Wildman–Crippen LogP) is 1.17. The molecule has 1 aliphatic heterocycles. The Morgan fingerprint density at radius 3 is 2.72 bits per heavy atom. The summed E-state index contributed by atoms with van der Waals surface area (Å²) in [5.41, 5.74) is 0.974. The van der Waals surface area contributed by atoms with E-state index in [1.165, 1.54) is 0 Å². The number of hydrogen-bond acceptors (Lipinski definition) is 7. The van der Waals surface area contributed by atoms with E-state index in [0.717, 1.165) is 42.8 Å². The molecule has 0 bridgehead atoms. The number of anilines is 1. The standard InChI is InChI=1S/C19H25N9O/c1-18-7-12(27(3)17-13-4-5-20-16(13)21-11-22-17)8-19(18,2)10-28(9-18)15(29)6-14-23-25-26-24-14/h4-5,11-12H,6-10H2,1-3H3,(H,20,21,22)(H,23,24,25,26)/t12?,18-,19+. The number of carbonyl (C=O) groups is 1. The maximum Gasteiger partial charge on any atom is 0.230 e. The highest BCUT2D eigenvalue weighted by molar-refractivity contribution is 5.87. The van der Waals surface area contributed by atoms with Gasteiger partial charge in [-0.25, -0.2) is 9.97 Å². The maximum absolute atomic E-state index is 12.8. The number of aromatic amines is 2. The molecule has 0 radical (unpaired) electrons. The topological polar surface area (TPSA) is 120 Å². The lowest BCUT2D eigenvalue weighted by Gasteiger charge is -2.31. The van der Waals surface area contributed by atoms with Gasteiger partial charge in [0.1, 0.15) is 17.8 Å². The molecule has 1 unspecified atom stereocenters. The van der Waals surface area contributed by atoms with Crippen LogP contribution in [-0.4, -0.2) is 72.6 Å². The number of hydrogen-bond donors (Lipinski definition) is 2. The summed E-state index contributed by atoms with van der Waals surface area (Å²) in [5, 5.41) is 14.8. The minimum Gasteiger partial charge on any atom is -0.356 e. The van der Waals surface area contributed by atoms with Crippen molar-refractivity contribution in [2.24, 2.45) is 10.8 Å². The number of aromatic nitrogens is 7. The molecule has 2 aliphatic rings. The van der Waals surface area contributed by atoms with E-state index in [4.69, 9.17) is 0 Å². The summed E-state index contributed by atoms with van der Waals surface area (Å²) < 4.78 is 0. The molecule has 5 rings (SSSR count). The number of tetrazole rings is 1. The van der Waals surface area contributed by atoms with Crippen molar-refractivity contribution in [1.29, 1.82) is 0 Å². The van der Waals surface area contributed by atoms with Crippen LogP contribution in [0, 0.1) is 10.8 Å². The molecule has 3 aromatic heterocycles. The predicted molar refractivity (Wildman–Crippen MR) is 106 cm³/mol. The van der Waals surface area contributed by atoms with E-state index in [-0.39, 0.29) is 23.2 Å². The Labute approximate surface area is 168 Å². The molecule has 1 amide bonds. The lowest BCUT2D eigenvalue weighted by Crippen LogP contribution is -2.37. The summed E-state index contributed by atoms with van der Waals surface area (Å²) in [6, 6.07) is 2.39. The highest BCUT2D eigenvalue weighted by atomic mass is 16.2. The van der Waals surface area contributed by atoms with Gasteiger partial charge < -0.3 is 14.8 Å². The van der Waals surface area contributed by atoms with Crippen molar-refractivity contribution < 1.29 is 4.79 Å². The van der Waals surface area contributed by atoms with Crippen LogP contribution in [0.25, 0.3) is 11.0 Å². The van der Waals surface area contributed by atoms with Crippen molar-refractivity contribution in [3.8, 4) is 0 Å². The molecule has 1 aliphatic carbocycles. The normalized spacial score (nSPS) is 28.8. The highest BCUT2D eigenvalue weighted by Gasteiger charge is 2.59. The van der Waals surface area contributed by atoms with Gasteiger partial charge in [-0.3, -0.25) is 4.79 Å². The zero-order chi connectivity index (χ0) is 20.2. The van der Waals surface area contributed by atoms with Crippen LogP contribution in [-0.2, 0) is 11.2 Å². The van der Waals surface area contributed by atoms with Crippen molar-refractivity contribution >= 4 is 22.8 Å². The number of carbonyl (C=O) groups excluding carboxylic acids is 1. The van der Waals surface area contributed by atoms with Gasteiger partial charge in [-0.05, 0) is 29.7 Å². The van der Waals surface area contributed by atoms with Crippen LogP contribution in [0.15, 0.2) is 18.6 Å². The first-order valence-electron chi connectivity index (χ1n) is 9.90. The molecule has 3 atom stereocenters. The third kappa shape index (κ3) is 2.77. The first-order valence-corrected chi connectivity index (χ1v) is 9.90. The fourth-order valence-corrected chi connectivity index (χ4v) is 5.28. The summed E-state index contributed by atoms with van der Waals surface area (Å²) in [4.78, 5) is 29.0. The van der Waals surface area contributed by atoms with Gasteiger partial charge in [0.15, 0.2) is 5.82 Å². The van der Waals surface area contributed by atoms with Crippen LogP contribution < -0.4 is 4.90 Å². The van der Waals surface area contributed by atoms with E-state index in [1.807, 2.05) is 17.2 Å². The second-order valence-corrected chi connectivity index (χ2v) is 8.99. The van der Waals surface area contributed by atoms with Crippen LogP contribution in [0.1, 0.15) is 32.5 Å². The van der Waals surface area contributed by atoms with E-state index >= 15 is 0 Å². The lowest BCUT2D eigenvalue weighted by atomic mass is 9.71. The fraction of sp³-hybridized carbons (Fsp3) is 0.579. The van der Waals surface area contributed by atoms with Gasteiger partial charge in [0, 0.05) is 32.4 Å². The number of nitrogens with one attached hydrogen (secondary N) is 2. The van der Waals surface area contributed by atoms with E-state index in [2.05, 4.69) is 61.4 Å². The first-order chi connectivity index (χ1) is 13.9. The molecule has 2 N–H and O–H groups in total. The van der Waals surface area contributed by atoms with Gasteiger partial charge in [0.2, 0.25) is 5.91 Å². The zero-order valence-electron chi connectivity index (χ0n) is 16.9. The Morgan fingerprint density at radius 1 is 1.28 bits per heavy atom.